The molecule has 0 aliphatic carbocycles. The van der Waals surface area contributed by atoms with Crippen molar-refractivity contribution in [1.82, 2.24) is 10.2 Å². The minimum Gasteiger partial charge on any atom is -0.352 e. The standard InChI is InChI=1S/C29H32Cl2N2O2S/c1-4-21(3)32-29(35)27(16-22-8-6-5-7-9-22)33(18-23-12-13-24(30)17-26(23)31)28(34)19-36-25-14-10-20(2)11-15-25/h5-15,17,21,27H,4,16,18-19H2,1-3H3,(H,32,35)/t21-,27-/m1/s1. The van der Waals surface area contributed by atoms with Crippen molar-refractivity contribution in [2.24, 2.45) is 0 Å². The van der Waals surface area contributed by atoms with E-state index >= 15 is 0 Å². The van der Waals surface area contributed by atoms with Crippen LogP contribution in [0.25, 0.3) is 0 Å². The summed E-state index contributed by atoms with van der Waals surface area (Å²) in [7, 11) is 0. The Morgan fingerprint density at radius 1 is 1.00 bits per heavy atom. The molecular formula is C29H32Cl2N2O2S. The minimum absolute atomic E-state index is 0.00576. The number of halogens is 2. The number of hydrogen-bond acceptors (Lipinski definition) is 3. The van der Waals surface area contributed by atoms with Crippen molar-refractivity contribution in [2.45, 2.75) is 57.1 Å². The maximum Gasteiger partial charge on any atom is 0.243 e. The Hall–Kier alpha value is -2.47. The second-order valence-corrected chi connectivity index (χ2v) is 10.8. The van der Waals surface area contributed by atoms with Gasteiger partial charge >= 0.3 is 0 Å². The molecule has 3 aromatic carbocycles. The summed E-state index contributed by atoms with van der Waals surface area (Å²) in [4.78, 5) is 29.9. The molecule has 0 radical (unpaired) electrons. The Morgan fingerprint density at radius 3 is 2.33 bits per heavy atom. The highest BCUT2D eigenvalue weighted by Crippen LogP contribution is 2.26. The number of amides is 2. The van der Waals surface area contributed by atoms with Crippen molar-refractivity contribution in [3.8, 4) is 0 Å². The van der Waals surface area contributed by atoms with Gasteiger partial charge in [-0.3, -0.25) is 9.59 Å². The summed E-state index contributed by atoms with van der Waals surface area (Å²) in [6.45, 7) is 6.22. The summed E-state index contributed by atoms with van der Waals surface area (Å²) in [5.41, 5.74) is 2.88. The number of thioether (sulfide) groups is 1. The van der Waals surface area contributed by atoms with E-state index < -0.39 is 6.04 Å². The Kier molecular flexibility index (Phi) is 10.7. The first-order valence-electron chi connectivity index (χ1n) is 12.0. The van der Waals surface area contributed by atoms with Gasteiger partial charge in [-0.2, -0.15) is 0 Å². The van der Waals surface area contributed by atoms with Gasteiger partial charge in [0.25, 0.3) is 0 Å². The number of hydrogen-bond donors (Lipinski definition) is 1. The molecule has 190 valence electrons. The Morgan fingerprint density at radius 2 is 1.69 bits per heavy atom. The summed E-state index contributed by atoms with van der Waals surface area (Å²) in [5.74, 6) is -0.102. The first-order valence-corrected chi connectivity index (χ1v) is 13.8. The van der Waals surface area contributed by atoms with Gasteiger partial charge in [0.15, 0.2) is 0 Å². The molecule has 3 aromatic rings. The van der Waals surface area contributed by atoms with E-state index in [1.807, 2.05) is 81.4 Å². The minimum atomic E-state index is -0.695. The van der Waals surface area contributed by atoms with Gasteiger partial charge in [-0.1, -0.05) is 84.2 Å². The second-order valence-electron chi connectivity index (χ2n) is 8.88. The van der Waals surface area contributed by atoms with Crippen LogP contribution in [-0.2, 0) is 22.6 Å². The highest BCUT2D eigenvalue weighted by molar-refractivity contribution is 8.00. The lowest BCUT2D eigenvalue weighted by molar-refractivity contribution is -0.139. The first-order chi connectivity index (χ1) is 17.3. The average Bonchev–Trinajstić information content (AvgIpc) is 2.87. The van der Waals surface area contributed by atoms with Crippen LogP contribution in [0.1, 0.15) is 37.0 Å². The molecule has 0 fully saturated rings. The fourth-order valence-electron chi connectivity index (χ4n) is 3.69. The quantitative estimate of drug-likeness (QED) is 0.266. The van der Waals surface area contributed by atoms with Crippen LogP contribution >= 0.6 is 35.0 Å². The zero-order valence-electron chi connectivity index (χ0n) is 20.8. The maximum atomic E-state index is 13.7. The van der Waals surface area contributed by atoms with Gasteiger partial charge < -0.3 is 10.2 Å². The molecule has 0 saturated carbocycles. The van der Waals surface area contributed by atoms with Crippen LogP contribution in [0.15, 0.2) is 77.7 Å². The Balaban J connectivity index is 1.93. The van der Waals surface area contributed by atoms with Crippen LogP contribution in [0.4, 0.5) is 0 Å². The lowest BCUT2D eigenvalue weighted by Gasteiger charge is -2.32. The molecule has 4 nitrogen and oxygen atoms in total. The van der Waals surface area contributed by atoms with E-state index in [0.29, 0.717) is 16.5 Å². The molecule has 0 unspecified atom stereocenters. The smallest absolute Gasteiger partial charge is 0.243 e. The fraction of sp³-hybridized carbons (Fsp3) is 0.310. The number of aryl methyl sites for hydroxylation is 1. The normalized spacial score (nSPS) is 12.6. The third-order valence-corrected chi connectivity index (χ3v) is 7.59. The third kappa shape index (κ3) is 8.29. The van der Waals surface area contributed by atoms with E-state index in [1.54, 1.807) is 17.0 Å². The summed E-state index contributed by atoms with van der Waals surface area (Å²) >= 11 is 14.1. The van der Waals surface area contributed by atoms with Crippen LogP contribution in [-0.4, -0.2) is 34.6 Å². The van der Waals surface area contributed by atoms with Crippen molar-refractivity contribution < 1.29 is 9.59 Å². The predicted octanol–water partition coefficient (Wildman–Crippen LogP) is 6.95. The van der Waals surface area contributed by atoms with E-state index in [1.165, 1.54) is 11.8 Å². The number of nitrogens with one attached hydrogen (secondary N) is 1. The van der Waals surface area contributed by atoms with Crippen molar-refractivity contribution in [3.05, 3.63) is 99.5 Å². The van der Waals surface area contributed by atoms with Crippen LogP contribution < -0.4 is 5.32 Å². The molecule has 7 heteroatoms. The molecule has 0 bridgehead atoms. The molecule has 0 saturated heterocycles. The van der Waals surface area contributed by atoms with E-state index in [4.69, 9.17) is 23.2 Å². The predicted molar refractivity (Wildman–Crippen MR) is 151 cm³/mol. The molecular weight excluding hydrogens is 511 g/mol. The van der Waals surface area contributed by atoms with Crippen molar-refractivity contribution in [1.29, 1.82) is 0 Å². The first kappa shape index (κ1) is 28.1. The third-order valence-electron chi connectivity index (χ3n) is 6.01. The van der Waals surface area contributed by atoms with E-state index in [0.717, 1.165) is 28.0 Å². The summed E-state index contributed by atoms with van der Waals surface area (Å²) < 4.78 is 0. The summed E-state index contributed by atoms with van der Waals surface area (Å²) in [6.07, 6.45) is 1.19. The zero-order chi connectivity index (χ0) is 26.1. The largest absolute Gasteiger partial charge is 0.352 e. The van der Waals surface area contributed by atoms with Crippen LogP contribution in [0, 0.1) is 6.92 Å². The van der Waals surface area contributed by atoms with Gasteiger partial charge in [0.1, 0.15) is 6.04 Å². The average molecular weight is 544 g/mol. The molecule has 0 heterocycles. The van der Waals surface area contributed by atoms with E-state index in [9.17, 15) is 9.59 Å². The number of nitrogens with zero attached hydrogens (tertiary/aromatic N) is 1. The van der Waals surface area contributed by atoms with E-state index in [2.05, 4.69) is 5.32 Å². The highest BCUT2D eigenvalue weighted by Gasteiger charge is 2.31. The van der Waals surface area contributed by atoms with E-state index in [-0.39, 0.29) is 30.2 Å². The topological polar surface area (TPSA) is 49.4 Å². The monoisotopic (exact) mass is 542 g/mol. The second kappa shape index (κ2) is 13.7. The number of carbonyl (C=O) groups excluding carboxylic acids is 2. The van der Waals surface area contributed by atoms with Gasteiger partial charge in [-0.25, -0.2) is 0 Å². The SMILES string of the molecule is CC[C@@H](C)NC(=O)[C@@H](Cc1ccccc1)N(Cc1ccc(Cl)cc1Cl)C(=O)CSc1ccc(C)cc1. The molecule has 0 aliphatic rings. The zero-order valence-corrected chi connectivity index (χ0v) is 23.2. The molecule has 0 aliphatic heterocycles. The van der Waals surface area contributed by atoms with Crippen LogP contribution in [0.2, 0.25) is 10.0 Å². The number of benzene rings is 3. The molecule has 3 rings (SSSR count). The Bertz CT molecular complexity index is 1160. The lowest BCUT2D eigenvalue weighted by Crippen LogP contribution is -2.52. The van der Waals surface area contributed by atoms with Crippen molar-refractivity contribution >= 4 is 46.8 Å². The highest BCUT2D eigenvalue weighted by atomic mass is 35.5. The molecule has 2 amide bonds. The van der Waals surface area contributed by atoms with Crippen molar-refractivity contribution in [3.63, 3.8) is 0 Å². The summed E-state index contributed by atoms with van der Waals surface area (Å²) in [5, 5.41) is 4.07. The van der Waals surface area contributed by atoms with Gasteiger partial charge in [0, 0.05) is 33.9 Å². The van der Waals surface area contributed by atoms with Crippen molar-refractivity contribution in [2.75, 3.05) is 5.75 Å². The maximum absolute atomic E-state index is 13.7. The van der Waals surface area contributed by atoms with Crippen LogP contribution in [0.3, 0.4) is 0 Å². The summed E-state index contributed by atoms with van der Waals surface area (Å²) in [6, 6.07) is 22.3. The van der Waals surface area contributed by atoms with Gasteiger partial charge in [0.2, 0.25) is 11.8 Å². The van der Waals surface area contributed by atoms with Gasteiger partial charge in [-0.15, -0.1) is 11.8 Å². The van der Waals surface area contributed by atoms with Gasteiger partial charge in [-0.05, 0) is 55.7 Å². The molecule has 36 heavy (non-hydrogen) atoms. The molecule has 0 spiro atoms. The number of rotatable bonds is 11. The van der Waals surface area contributed by atoms with Crippen LogP contribution in [0.5, 0.6) is 0 Å². The fourth-order valence-corrected chi connectivity index (χ4v) is 4.94. The number of carbonyl (C=O) groups is 2. The lowest BCUT2D eigenvalue weighted by atomic mass is 10.0. The Labute approximate surface area is 228 Å². The van der Waals surface area contributed by atoms with Gasteiger partial charge in [0.05, 0.1) is 5.75 Å². The molecule has 1 N–H and O–H groups in total. The molecule has 0 aromatic heterocycles. The molecule has 2 atom stereocenters.